The second-order valence-electron chi connectivity index (χ2n) is 5.15. The molecule has 1 rings (SSSR count). The van der Waals surface area contributed by atoms with Crippen LogP contribution in [0.4, 0.5) is 0 Å². The average molecular weight is 295 g/mol. The number of aryl methyl sites for hydroxylation is 2. The van der Waals surface area contributed by atoms with Crippen LogP contribution in [0.1, 0.15) is 29.7 Å². The molecule has 120 valence electrons. The molecule has 1 atom stereocenters. The van der Waals surface area contributed by atoms with Gasteiger partial charge in [-0.25, -0.2) is 0 Å². The lowest BCUT2D eigenvalue weighted by Crippen LogP contribution is -2.27. The predicted molar refractivity (Wildman–Crippen MR) is 85.8 cm³/mol. The zero-order valence-electron chi connectivity index (χ0n) is 13.8. The van der Waals surface area contributed by atoms with E-state index in [1.165, 1.54) is 16.7 Å². The molecule has 0 heterocycles. The van der Waals surface area contributed by atoms with Crippen molar-refractivity contribution in [3.63, 3.8) is 0 Å². The Balaban J connectivity index is 2.41. The Hall–Kier alpha value is -0.940. The molecule has 0 spiro atoms. The van der Waals surface area contributed by atoms with Gasteiger partial charge >= 0.3 is 0 Å². The highest BCUT2D eigenvalue weighted by Crippen LogP contribution is 2.19. The van der Waals surface area contributed by atoms with Gasteiger partial charge < -0.3 is 19.5 Å². The van der Waals surface area contributed by atoms with Crippen LogP contribution in [0.2, 0.25) is 0 Å². The molecule has 1 aromatic carbocycles. The summed E-state index contributed by atoms with van der Waals surface area (Å²) in [5.41, 5.74) is 3.89. The predicted octanol–water partition coefficient (Wildman–Crippen LogP) is 2.63. The molecule has 0 aliphatic carbocycles. The van der Waals surface area contributed by atoms with Crippen molar-refractivity contribution >= 4 is 0 Å². The van der Waals surface area contributed by atoms with Crippen molar-refractivity contribution in [3.05, 3.63) is 34.9 Å². The van der Waals surface area contributed by atoms with Crippen LogP contribution in [0.25, 0.3) is 0 Å². The molecule has 0 amide bonds. The van der Waals surface area contributed by atoms with Crippen LogP contribution in [0, 0.1) is 13.8 Å². The zero-order chi connectivity index (χ0) is 15.5. The van der Waals surface area contributed by atoms with Gasteiger partial charge in [-0.15, -0.1) is 0 Å². The Labute approximate surface area is 128 Å². The average Bonchev–Trinajstić information content (AvgIpc) is 2.48. The molecule has 0 aliphatic heterocycles. The third kappa shape index (κ3) is 7.05. The van der Waals surface area contributed by atoms with Gasteiger partial charge in [0.1, 0.15) is 0 Å². The van der Waals surface area contributed by atoms with E-state index in [9.17, 15) is 0 Å². The fraction of sp³-hybridized carbons (Fsp3) is 0.647. The van der Waals surface area contributed by atoms with Crippen molar-refractivity contribution in [3.8, 4) is 0 Å². The fourth-order valence-electron chi connectivity index (χ4n) is 2.20. The van der Waals surface area contributed by atoms with E-state index in [-0.39, 0.29) is 6.04 Å². The zero-order valence-corrected chi connectivity index (χ0v) is 13.8. The molecule has 4 heteroatoms. The monoisotopic (exact) mass is 295 g/mol. The maximum Gasteiger partial charge on any atom is 0.0701 e. The Bertz CT molecular complexity index is 396. The molecular weight excluding hydrogens is 266 g/mol. The molecule has 0 bridgehead atoms. The summed E-state index contributed by atoms with van der Waals surface area (Å²) >= 11 is 0. The van der Waals surface area contributed by atoms with Crippen LogP contribution in [0.5, 0.6) is 0 Å². The highest BCUT2D eigenvalue weighted by molar-refractivity contribution is 5.33. The minimum atomic E-state index is 0.230. The van der Waals surface area contributed by atoms with E-state index >= 15 is 0 Å². The molecule has 1 N–H and O–H groups in total. The number of ether oxygens (including phenoxy) is 3. The molecule has 4 nitrogen and oxygen atoms in total. The molecule has 0 aliphatic rings. The van der Waals surface area contributed by atoms with Gasteiger partial charge in [0, 0.05) is 7.11 Å². The highest BCUT2D eigenvalue weighted by atomic mass is 16.5. The second kappa shape index (κ2) is 10.7. The molecule has 0 fully saturated rings. The summed E-state index contributed by atoms with van der Waals surface area (Å²) in [4.78, 5) is 0. The van der Waals surface area contributed by atoms with E-state index in [4.69, 9.17) is 14.2 Å². The van der Waals surface area contributed by atoms with Crippen molar-refractivity contribution < 1.29 is 14.2 Å². The number of hydrogen-bond acceptors (Lipinski definition) is 4. The lowest BCUT2D eigenvalue weighted by Gasteiger charge is -2.21. The van der Waals surface area contributed by atoms with Gasteiger partial charge in [-0.2, -0.15) is 0 Å². The summed E-state index contributed by atoms with van der Waals surface area (Å²) in [6.07, 6.45) is 0. The van der Waals surface area contributed by atoms with Gasteiger partial charge in [0.05, 0.1) is 39.1 Å². The number of rotatable bonds is 11. The van der Waals surface area contributed by atoms with Crippen LogP contribution < -0.4 is 5.32 Å². The molecule has 0 saturated carbocycles. The van der Waals surface area contributed by atoms with E-state index in [2.05, 4.69) is 44.3 Å². The van der Waals surface area contributed by atoms with Crippen molar-refractivity contribution in [1.29, 1.82) is 0 Å². The molecule has 1 unspecified atom stereocenters. The third-order valence-electron chi connectivity index (χ3n) is 3.35. The first-order valence-electron chi connectivity index (χ1n) is 7.64. The Kier molecular flexibility index (Phi) is 9.26. The van der Waals surface area contributed by atoms with E-state index < -0.39 is 0 Å². The molecule has 1 aromatic rings. The van der Waals surface area contributed by atoms with E-state index in [1.54, 1.807) is 7.11 Å². The Morgan fingerprint density at radius 3 is 2.48 bits per heavy atom. The standard InChI is InChI=1S/C17H29NO3/c1-5-18-17(13-21-11-10-20-9-8-19-4)16-12-14(2)6-7-15(16)3/h6-7,12,17-18H,5,8-11,13H2,1-4H3. The summed E-state index contributed by atoms with van der Waals surface area (Å²) in [6.45, 7) is 10.4. The van der Waals surface area contributed by atoms with Crippen LogP contribution >= 0.6 is 0 Å². The third-order valence-corrected chi connectivity index (χ3v) is 3.35. The molecular formula is C17H29NO3. The second-order valence-corrected chi connectivity index (χ2v) is 5.15. The van der Waals surface area contributed by atoms with Gasteiger partial charge in [0.15, 0.2) is 0 Å². The van der Waals surface area contributed by atoms with Gasteiger partial charge in [-0.05, 0) is 31.5 Å². The molecule has 0 saturated heterocycles. The number of benzene rings is 1. The number of likely N-dealkylation sites (N-methyl/N-ethyl adjacent to an activating group) is 1. The first-order valence-corrected chi connectivity index (χ1v) is 7.64. The van der Waals surface area contributed by atoms with Gasteiger partial charge in [0.2, 0.25) is 0 Å². The lowest BCUT2D eigenvalue weighted by atomic mass is 9.99. The summed E-state index contributed by atoms with van der Waals surface area (Å²) in [5.74, 6) is 0. The Morgan fingerprint density at radius 2 is 1.76 bits per heavy atom. The summed E-state index contributed by atoms with van der Waals surface area (Å²) in [7, 11) is 1.67. The summed E-state index contributed by atoms with van der Waals surface area (Å²) < 4.78 is 16.1. The van der Waals surface area contributed by atoms with Crippen LogP contribution in [0.3, 0.4) is 0 Å². The Morgan fingerprint density at radius 1 is 1.05 bits per heavy atom. The van der Waals surface area contributed by atoms with Crippen molar-refractivity contribution in [2.24, 2.45) is 0 Å². The van der Waals surface area contributed by atoms with Gasteiger partial charge in [-0.3, -0.25) is 0 Å². The quantitative estimate of drug-likeness (QED) is 0.637. The highest BCUT2D eigenvalue weighted by Gasteiger charge is 2.13. The van der Waals surface area contributed by atoms with Crippen molar-refractivity contribution in [2.75, 3.05) is 46.7 Å². The number of hydrogen-bond donors (Lipinski definition) is 1. The van der Waals surface area contributed by atoms with Gasteiger partial charge in [0.25, 0.3) is 0 Å². The maximum absolute atomic E-state index is 5.75. The van der Waals surface area contributed by atoms with E-state index in [1.807, 2.05) is 0 Å². The maximum atomic E-state index is 5.75. The van der Waals surface area contributed by atoms with Crippen LogP contribution in [0.15, 0.2) is 18.2 Å². The fourth-order valence-corrected chi connectivity index (χ4v) is 2.20. The summed E-state index contributed by atoms with van der Waals surface area (Å²) in [6, 6.07) is 6.78. The first kappa shape index (κ1) is 18.1. The van der Waals surface area contributed by atoms with Crippen molar-refractivity contribution in [1.82, 2.24) is 5.32 Å². The molecule has 0 aromatic heterocycles. The number of methoxy groups -OCH3 is 1. The lowest BCUT2D eigenvalue weighted by molar-refractivity contribution is 0.0193. The van der Waals surface area contributed by atoms with E-state index in [0.717, 1.165) is 6.54 Å². The topological polar surface area (TPSA) is 39.7 Å². The van der Waals surface area contributed by atoms with Crippen molar-refractivity contribution in [2.45, 2.75) is 26.8 Å². The SMILES string of the molecule is CCNC(COCCOCCOC)c1cc(C)ccc1C. The minimum Gasteiger partial charge on any atom is -0.382 e. The smallest absolute Gasteiger partial charge is 0.0701 e. The molecule has 0 radical (unpaired) electrons. The minimum absolute atomic E-state index is 0.230. The van der Waals surface area contributed by atoms with Gasteiger partial charge in [-0.1, -0.05) is 30.7 Å². The molecule has 21 heavy (non-hydrogen) atoms. The van der Waals surface area contributed by atoms with Crippen LogP contribution in [-0.4, -0.2) is 46.7 Å². The first-order chi connectivity index (χ1) is 10.2. The normalized spacial score (nSPS) is 12.6. The van der Waals surface area contributed by atoms with E-state index in [0.29, 0.717) is 33.0 Å². The largest absolute Gasteiger partial charge is 0.382 e. The van der Waals surface area contributed by atoms with Crippen LogP contribution in [-0.2, 0) is 14.2 Å². The summed E-state index contributed by atoms with van der Waals surface area (Å²) in [5, 5.41) is 3.49. The number of nitrogens with one attached hydrogen (secondary N) is 1.